The lowest BCUT2D eigenvalue weighted by Gasteiger charge is -2.01. The molecule has 3 aromatic rings. The number of amides is 1. The highest BCUT2D eigenvalue weighted by Crippen LogP contribution is 2.16. The van der Waals surface area contributed by atoms with E-state index in [0.717, 1.165) is 10.6 Å². The third kappa shape index (κ3) is 2.23. The van der Waals surface area contributed by atoms with Gasteiger partial charge in [0, 0.05) is 22.7 Å². The van der Waals surface area contributed by atoms with Crippen LogP contribution < -0.4 is 10.9 Å². The van der Waals surface area contributed by atoms with Gasteiger partial charge in [-0.05, 0) is 13.8 Å². The molecule has 8 heteroatoms. The van der Waals surface area contributed by atoms with Crippen molar-refractivity contribution in [3.05, 3.63) is 44.3 Å². The van der Waals surface area contributed by atoms with Gasteiger partial charge in [-0.1, -0.05) is 0 Å². The highest BCUT2D eigenvalue weighted by atomic mass is 32.1. The van der Waals surface area contributed by atoms with Gasteiger partial charge in [-0.3, -0.25) is 19.3 Å². The van der Waals surface area contributed by atoms with Crippen LogP contribution in [0.4, 0.5) is 5.13 Å². The van der Waals surface area contributed by atoms with Crippen molar-refractivity contribution in [3.8, 4) is 0 Å². The normalized spacial score (nSPS) is 10.9. The lowest BCUT2D eigenvalue weighted by molar-refractivity contribution is 0.102. The zero-order chi connectivity index (χ0) is 14.3. The minimum absolute atomic E-state index is 0.00755. The predicted octanol–water partition coefficient (Wildman–Crippen LogP) is 2.08. The first-order valence-corrected chi connectivity index (χ1v) is 7.45. The van der Waals surface area contributed by atoms with Crippen molar-refractivity contribution >= 4 is 38.7 Å². The van der Waals surface area contributed by atoms with Gasteiger partial charge in [0.15, 0.2) is 10.1 Å². The van der Waals surface area contributed by atoms with Gasteiger partial charge in [-0.25, -0.2) is 9.97 Å². The minimum Gasteiger partial charge on any atom is -0.298 e. The number of hydrogen-bond donors (Lipinski definition) is 1. The minimum atomic E-state index is -0.491. The number of hydrogen-bond acceptors (Lipinski definition) is 6. The van der Waals surface area contributed by atoms with Crippen LogP contribution in [0.25, 0.3) is 4.96 Å². The largest absolute Gasteiger partial charge is 0.298 e. The number of anilines is 1. The molecule has 3 rings (SSSR count). The second-order valence-electron chi connectivity index (χ2n) is 4.22. The topological polar surface area (TPSA) is 76.4 Å². The van der Waals surface area contributed by atoms with Crippen molar-refractivity contribution < 1.29 is 4.79 Å². The Kier molecular flexibility index (Phi) is 3.11. The summed E-state index contributed by atoms with van der Waals surface area (Å²) in [6, 6.07) is 0. The molecule has 1 N–H and O–H groups in total. The maximum atomic E-state index is 12.2. The number of thiazole rings is 2. The third-order valence-corrected chi connectivity index (χ3v) is 4.39. The molecule has 0 aliphatic carbocycles. The summed E-state index contributed by atoms with van der Waals surface area (Å²) in [6.45, 7) is 3.72. The van der Waals surface area contributed by atoms with Crippen molar-refractivity contribution in [1.29, 1.82) is 0 Å². The lowest BCUT2D eigenvalue weighted by Crippen LogP contribution is -2.25. The fourth-order valence-corrected chi connectivity index (χ4v) is 3.20. The zero-order valence-corrected chi connectivity index (χ0v) is 12.3. The molecule has 20 heavy (non-hydrogen) atoms. The second-order valence-corrected chi connectivity index (χ2v) is 6.29. The zero-order valence-electron chi connectivity index (χ0n) is 10.7. The predicted molar refractivity (Wildman–Crippen MR) is 78.9 cm³/mol. The summed E-state index contributed by atoms with van der Waals surface area (Å²) in [4.78, 5) is 34.1. The van der Waals surface area contributed by atoms with Crippen LogP contribution in [0.15, 0.2) is 22.6 Å². The molecule has 0 aromatic carbocycles. The third-order valence-electron chi connectivity index (χ3n) is 2.61. The van der Waals surface area contributed by atoms with Gasteiger partial charge >= 0.3 is 0 Å². The van der Waals surface area contributed by atoms with Gasteiger partial charge in [0.2, 0.25) is 0 Å². The Morgan fingerprint density at radius 3 is 2.90 bits per heavy atom. The van der Waals surface area contributed by atoms with E-state index in [4.69, 9.17) is 0 Å². The van der Waals surface area contributed by atoms with E-state index in [9.17, 15) is 9.59 Å². The highest BCUT2D eigenvalue weighted by Gasteiger charge is 2.15. The van der Waals surface area contributed by atoms with E-state index in [0.29, 0.717) is 10.1 Å². The molecule has 6 nitrogen and oxygen atoms in total. The molecule has 0 unspecified atom stereocenters. The smallest absolute Gasteiger partial charge is 0.271 e. The second kappa shape index (κ2) is 4.80. The number of carbonyl (C=O) groups excluding carboxylic acids is 1. The molecule has 1 amide bonds. The number of rotatable bonds is 2. The number of nitrogens with one attached hydrogen (secondary N) is 1. The van der Waals surface area contributed by atoms with E-state index in [1.54, 1.807) is 6.20 Å². The summed E-state index contributed by atoms with van der Waals surface area (Å²) in [5, 5.41) is 4.91. The fourth-order valence-electron chi connectivity index (χ4n) is 1.73. The molecule has 0 fully saturated rings. The van der Waals surface area contributed by atoms with Crippen molar-refractivity contribution in [3.63, 3.8) is 0 Å². The summed E-state index contributed by atoms with van der Waals surface area (Å²) in [6.07, 6.45) is 2.99. The van der Waals surface area contributed by atoms with Crippen LogP contribution in [-0.4, -0.2) is 20.3 Å². The lowest BCUT2D eigenvalue weighted by atomic mass is 10.3. The molecule has 0 radical (unpaired) electrons. The van der Waals surface area contributed by atoms with E-state index >= 15 is 0 Å². The van der Waals surface area contributed by atoms with Crippen molar-refractivity contribution in [1.82, 2.24) is 14.4 Å². The summed E-state index contributed by atoms with van der Waals surface area (Å²) in [5.74, 6) is -0.491. The van der Waals surface area contributed by atoms with E-state index in [1.807, 2.05) is 19.2 Å². The Morgan fingerprint density at radius 2 is 2.20 bits per heavy atom. The Hall–Kier alpha value is -2.06. The summed E-state index contributed by atoms with van der Waals surface area (Å²) < 4.78 is 1.39. The van der Waals surface area contributed by atoms with Gasteiger partial charge in [0.25, 0.3) is 11.5 Å². The Bertz CT molecular complexity index is 862. The summed E-state index contributed by atoms with van der Waals surface area (Å²) >= 11 is 2.72. The summed E-state index contributed by atoms with van der Waals surface area (Å²) in [7, 11) is 0. The van der Waals surface area contributed by atoms with Crippen LogP contribution in [0.2, 0.25) is 0 Å². The molecular weight excluding hydrogens is 296 g/mol. The maximum Gasteiger partial charge on any atom is 0.271 e. The first kappa shape index (κ1) is 12.9. The van der Waals surface area contributed by atoms with Crippen LogP contribution in [-0.2, 0) is 0 Å². The SMILES string of the molecule is Cc1csc(NC(=O)c2cnc3sc(C)cn3c2=O)n1. The Balaban J connectivity index is 1.99. The first-order valence-electron chi connectivity index (χ1n) is 5.76. The maximum absolute atomic E-state index is 12.2. The van der Waals surface area contributed by atoms with E-state index in [2.05, 4.69) is 15.3 Å². The van der Waals surface area contributed by atoms with Crippen LogP contribution in [0.5, 0.6) is 0 Å². The molecule has 0 atom stereocenters. The molecule has 0 aliphatic heterocycles. The van der Waals surface area contributed by atoms with Crippen LogP contribution in [0.1, 0.15) is 20.9 Å². The number of aromatic nitrogens is 3. The highest BCUT2D eigenvalue weighted by molar-refractivity contribution is 7.16. The van der Waals surface area contributed by atoms with Crippen molar-refractivity contribution in [2.75, 3.05) is 5.32 Å². The number of nitrogens with zero attached hydrogens (tertiary/aromatic N) is 3. The van der Waals surface area contributed by atoms with Gasteiger partial charge in [-0.15, -0.1) is 22.7 Å². The standard InChI is InChI=1S/C12H10N4O2S2/c1-6-5-19-11(14-6)15-9(17)8-3-13-12-16(10(8)18)4-7(2)20-12/h3-5H,1-2H3,(H,14,15,17). The molecule has 0 saturated carbocycles. The molecule has 3 heterocycles. The average Bonchev–Trinajstić information content (AvgIpc) is 2.95. The molecule has 0 saturated heterocycles. The van der Waals surface area contributed by atoms with Crippen LogP contribution >= 0.6 is 22.7 Å². The van der Waals surface area contributed by atoms with E-state index in [-0.39, 0.29) is 11.1 Å². The van der Waals surface area contributed by atoms with Gasteiger partial charge < -0.3 is 0 Å². The van der Waals surface area contributed by atoms with Crippen molar-refractivity contribution in [2.24, 2.45) is 0 Å². The van der Waals surface area contributed by atoms with Crippen molar-refractivity contribution in [2.45, 2.75) is 13.8 Å². The molecular formula is C12H10N4O2S2. The number of aryl methyl sites for hydroxylation is 2. The van der Waals surface area contributed by atoms with E-state index < -0.39 is 5.91 Å². The van der Waals surface area contributed by atoms with Gasteiger partial charge in [0.1, 0.15) is 5.56 Å². The number of carbonyl (C=O) groups is 1. The monoisotopic (exact) mass is 306 g/mol. The van der Waals surface area contributed by atoms with Crippen LogP contribution in [0.3, 0.4) is 0 Å². The molecule has 102 valence electrons. The quantitative estimate of drug-likeness (QED) is 0.786. The first-order chi connectivity index (χ1) is 9.54. The van der Waals surface area contributed by atoms with Crippen LogP contribution in [0, 0.1) is 13.8 Å². The molecule has 0 bridgehead atoms. The summed E-state index contributed by atoms with van der Waals surface area (Å²) in [5.41, 5.74) is 0.460. The van der Waals surface area contributed by atoms with Gasteiger partial charge in [0.05, 0.1) is 5.69 Å². The Labute approximate surface area is 121 Å². The average molecular weight is 306 g/mol. The molecule has 0 aliphatic rings. The fraction of sp³-hybridized carbons (Fsp3) is 0.167. The Morgan fingerprint density at radius 1 is 1.40 bits per heavy atom. The molecule has 0 spiro atoms. The van der Waals surface area contributed by atoms with E-state index in [1.165, 1.54) is 33.3 Å². The van der Waals surface area contributed by atoms with Gasteiger partial charge in [-0.2, -0.15) is 0 Å². The number of fused-ring (bicyclic) bond motifs is 1. The molecule has 3 aromatic heterocycles.